The van der Waals surface area contributed by atoms with Gasteiger partial charge in [-0.05, 0) is 16.8 Å². The summed E-state index contributed by atoms with van der Waals surface area (Å²) in [6.45, 7) is 0. The molecule has 4 aromatic rings. The predicted molar refractivity (Wildman–Crippen MR) is 90.5 cm³/mol. The van der Waals surface area contributed by atoms with E-state index < -0.39 is 0 Å². The largest absolute Gasteiger partial charge is 0.236 e. The van der Waals surface area contributed by atoms with E-state index in [1.807, 2.05) is 18.2 Å². The monoisotopic (exact) mass is 287 g/mol. The summed E-state index contributed by atoms with van der Waals surface area (Å²) in [7, 11) is 0. The number of rotatable bonds is 2. The highest BCUT2D eigenvalue weighted by atomic mass is 32.1. The molecule has 0 N–H and O–H groups in total. The Morgan fingerprint density at radius 1 is 0.667 bits per heavy atom. The summed E-state index contributed by atoms with van der Waals surface area (Å²) in [5.74, 6) is 0. The van der Waals surface area contributed by atoms with Crippen LogP contribution >= 0.6 is 11.3 Å². The topological polar surface area (TPSA) is 12.9 Å². The maximum atomic E-state index is 4.78. The lowest BCUT2D eigenvalue weighted by Gasteiger charge is -2.00. The predicted octanol–water partition coefficient (Wildman–Crippen LogP) is 5.63. The molecule has 4 rings (SSSR count). The second kappa shape index (κ2) is 5.15. The third-order valence-corrected chi connectivity index (χ3v) is 4.46. The lowest BCUT2D eigenvalue weighted by molar-refractivity contribution is 1.40. The lowest BCUT2D eigenvalue weighted by atomic mass is 10.1. The quantitative estimate of drug-likeness (QED) is 0.465. The minimum Gasteiger partial charge on any atom is -0.236 e. The summed E-state index contributed by atoms with van der Waals surface area (Å²) in [6, 6.07) is 25.3. The van der Waals surface area contributed by atoms with Gasteiger partial charge >= 0.3 is 0 Å². The highest BCUT2D eigenvalue weighted by Gasteiger charge is 2.06. The van der Waals surface area contributed by atoms with Gasteiger partial charge in [0.1, 0.15) is 5.01 Å². The lowest BCUT2D eigenvalue weighted by Crippen LogP contribution is -1.80. The van der Waals surface area contributed by atoms with E-state index in [0.717, 1.165) is 10.7 Å². The van der Waals surface area contributed by atoms with Crippen LogP contribution in [0.15, 0.2) is 78.2 Å². The van der Waals surface area contributed by atoms with Crippen molar-refractivity contribution < 1.29 is 0 Å². The van der Waals surface area contributed by atoms with Crippen molar-refractivity contribution in [3.8, 4) is 21.8 Å². The van der Waals surface area contributed by atoms with Crippen molar-refractivity contribution in [3.63, 3.8) is 0 Å². The van der Waals surface area contributed by atoms with Gasteiger partial charge in [0.05, 0.1) is 5.69 Å². The molecular weight excluding hydrogens is 274 g/mol. The van der Waals surface area contributed by atoms with Gasteiger partial charge in [0.15, 0.2) is 0 Å². The average molecular weight is 287 g/mol. The van der Waals surface area contributed by atoms with Crippen molar-refractivity contribution in [1.82, 2.24) is 4.98 Å². The summed E-state index contributed by atoms with van der Waals surface area (Å²) < 4.78 is 0. The van der Waals surface area contributed by atoms with Gasteiger partial charge in [-0.15, -0.1) is 11.3 Å². The van der Waals surface area contributed by atoms with Crippen molar-refractivity contribution in [1.29, 1.82) is 0 Å². The normalized spacial score (nSPS) is 10.9. The van der Waals surface area contributed by atoms with Crippen molar-refractivity contribution in [2.24, 2.45) is 0 Å². The molecule has 1 heterocycles. The van der Waals surface area contributed by atoms with E-state index in [9.17, 15) is 0 Å². The second-order valence-corrected chi connectivity index (χ2v) is 5.82. The number of hydrogen-bond donors (Lipinski definition) is 0. The zero-order chi connectivity index (χ0) is 14.1. The molecule has 0 radical (unpaired) electrons. The standard InChI is InChI=1S/C19H13NS/c1-2-7-15(8-3-1)18-13-21-19(20-18)17-11-10-14-6-4-5-9-16(14)12-17/h1-13H. The minimum absolute atomic E-state index is 1.05. The molecule has 21 heavy (non-hydrogen) atoms. The Kier molecular flexibility index (Phi) is 3.02. The molecule has 0 saturated carbocycles. The fourth-order valence-electron chi connectivity index (χ4n) is 2.47. The maximum absolute atomic E-state index is 4.78. The first-order chi connectivity index (χ1) is 10.4. The third-order valence-electron chi connectivity index (χ3n) is 3.57. The number of thiazole rings is 1. The zero-order valence-corrected chi connectivity index (χ0v) is 12.2. The first-order valence-electron chi connectivity index (χ1n) is 6.90. The summed E-state index contributed by atoms with van der Waals surface area (Å²) in [5, 5.41) is 5.71. The van der Waals surface area contributed by atoms with Gasteiger partial charge in [-0.2, -0.15) is 0 Å². The Balaban J connectivity index is 1.77. The fourth-order valence-corrected chi connectivity index (χ4v) is 3.30. The molecule has 0 aliphatic rings. The molecular formula is C19H13NS. The third kappa shape index (κ3) is 2.34. The minimum atomic E-state index is 1.05. The Hall–Kier alpha value is -2.45. The smallest absolute Gasteiger partial charge is 0.124 e. The first-order valence-corrected chi connectivity index (χ1v) is 7.78. The van der Waals surface area contributed by atoms with Crippen LogP contribution in [0.25, 0.3) is 32.6 Å². The molecule has 0 fully saturated rings. The summed E-state index contributed by atoms with van der Waals surface area (Å²) >= 11 is 1.69. The molecule has 0 amide bonds. The van der Waals surface area contributed by atoms with Crippen molar-refractivity contribution in [2.45, 2.75) is 0 Å². The molecule has 0 bridgehead atoms. The van der Waals surface area contributed by atoms with E-state index in [-0.39, 0.29) is 0 Å². The maximum Gasteiger partial charge on any atom is 0.124 e. The molecule has 2 heteroatoms. The van der Waals surface area contributed by atoms with Gasteiger partial charge in [0.2, 0.25) is 0 Å². The SMILES string of the molecule is c1ccc(-c2csc(-c3ccc4ccccc4c3)n2)cc1. The Labute approximate surface area is 127 Å². The highest BCUT2D eigenvalue weighted by molar-refractivity contribution is 7.13. The van der Waals surface area contributed by atoms with Crippen LogP contribution in [0.3, 0.4) is 0 Å². The molecule has 1 nitrogen and oxygen atoms in total. The number of aromatic nitrogens is 1. The van der Waals surface area contributed by atoms with Crippen LogP contribution in [0, 0.1) is 0 Å². The summed E-state index contributed by atoms with van der Waals surface area (Å²) in [4.78, 5) is 4.78. The molecule has 0 aliphatic heterocycles. The van der Waals surface area contributed by atoms with E-state index in [4.69, 9.17) is 4.98 Å². The van der Waals surface area contributed by atoms with Crippen molar-refractivity contribution in [3.05, 3.63) is 78.2 Å². The Morgan fingerprint density at radius 2 is 1.43 bits per heavy atom. The number of hydrogen-bond acceptors (Lipinski definition) is 2. The number of benzene rings is 3. The van der Waals surface area contributed by atoms with Crippen LogP contribution in [-0.4, -0.2) is 4.98 Å². The van der Waals surface area contributed by atoms with Crippen LogP contribution < -0.4 is 0 Å². The van der Waals surface area contributed by atoms with E-state index in [1.165, 1.54) is 21.9 Å². The molecule has 0 saturated heterocycles. The van der Waals surface area contributed by atoms with E-state index in [1.54, 1.807) is 11.3 Å². The molecule has 100 valence electrons. The average Bonchev–Trinajstić information content (AvgIpc) is 3.05. The van der Waals surface area contributed by atoms with Crippen LogP contribution in [0.2, 0.25) is 0 Å². The Morgan fingerprint density at radius 3 is 2.29 bits per heavy atom. The Bertz CT molecular complexity index is 894. The van der Waals surface area contributed by atoms with Crippen LogP contribution in [0.5, 0.6) is 0 Å². The van der Waals surface area contributed by atoms with Gasteiger partial charge in [0.25, 0.3) is 0 Å². The number of nitrogens with zero attached hydrogens (tertiary/aromatic N) is 1. The van der Waals surface area contributed by atoms with Crippen LogP contribution in [0.4, 0.5) is 0 Å². The molecule has 1 aromatic heterocycles. The van der Waals surface area contributed by atoms with Gasteiger partial charge < -0.3 is 0 Å². The van der Waals surface area contributed by atoms with Crippen molar-refractivity contribution in [2.75, 3.05) is 0 Å². The summed E-state index contributed by atoms with van der Waals surface area (Å²) in [5.41, 5.74) is 3.39. The van der Waals surface area contributed by atoms with E-state index in [2.05, 4.69) is 60.0 Å². The summed E-state index contributed by atoms with van der Waals surface area (Å²) in [6.07, 6.45) is 0. The molecule has 0 aliphatic carbocycles. The van der Waals surface area contributed by atoms with Crippen LogP contribution in [-0.2, 0) is 0 Å². The zero-order valence-electron chi connectivity index (χ0n) is 11.4. The number of fused-ring (bicyclic) bond motifs is 1. The molecule has 3 aromatic carbocycles. The molecule has 0 spiro atoms. The molecule has 0 unspecified atom stereocenters. The van der Waals surface area contributed by atoms with Gasteiger partial charge in [-0.25, -0.2) is 4.98 Å². The second-order valence-electron chi connectivity index (χ2n) is 4.97. The highest BCUT2D eigenvalue weighted by Crippen LogP contribution is 2.30. The van der Waals surface area contributed by atoms with Gasteiger partial charge in [-0.1, -0.05) is 66.7 Å². The van der Waals surface area contributed by atoms with Gasteiger partial charge in [-0.3, -0.25) is 0 Å². The first kappa shape index (κ1) is 12.3. The fraction of sp³-hybridized carbons (Fsp3) is 0. The van der Waals surface area contributed by atoms with Gasteiger partial charge in [0, 0.05) is 16.5 Å². The van der Waals surface area contributed by atoms with Crippen molar-refractivity contribution >= 4 is 22.1 Å². The molecule has 0 atom stereocenters. The van der Waals surface area contributed by atoms with E-state index in [0.29, 0.717) is 0 Å². The van der Waals surface area contributed by atoms with E-state index >= 15 is 0 Å². The van der Waals surface area contributed by atoms with Crippen LogP contribution in [0.1, 0.15) is 0 Å².